The predicted octanol–water partition coefficient (Wildman–Crippen LogP) is 3.23. The van der Waals surface area contributed by atoms with E-state index in [2.05, 4.69) is 4.74 Å². The molecule has 1 rings (SSSR count). The zero-order valence-electron chi connectivity index (χ0n) is 12.5. The molecule has 0 fully saturated rings. The lowest BCUT2D eigenvalue weighted by atomic mass is 10.3. The molecule has 0 N–H and O–H groups in total. The molecule has 116 valence electrons. The number of ether oxygens (including phenoxy) is 1. The molecule has 0 saturated heterocycles. The summed E-state index contributed by atoms with van der Waals surface area (Å²) in [5, 5.41) is 0.454. The molecular formula is C15H20ClNO3S. The maximum absolute atomic E-state index is 12.4. The minimum absolute atomic E-state index is 0.0151. The summed E-state index contributed by atoms with van der Waals surface area (Å²) in [6.45, 7) is 4.71. The summed E-state index contributed by atoms with van der Waals surface area (Å²) in [7, 11) is 1.35. The molecule has 1 atom stereocenters. The lowest BCUT2D eigenvalue weighted by Gasteiger charge is -2.23. The second-order valence-electron chi connectivity index (χ2n) is 4.46. The highest BCUT2D eigenvalue weighted by Crippen LogP contribution is 2.25. The molecule has 0 spiro atoms. The average molecular weight is 330 g/mol. The molecule has 1 aromatic carbocycles. The predicted molar refractivity (Wildman–Crippen MR) is 85.7 cm³/mol. The number of nitrogens with zero attached hydrogens (tertiary/aromatic N) is 1. The minimum Gasteiger partial charge on any atom is -0.469 e. The number of carbonyl (C=O) groups is 2. The first-order valence-corrected chi connectivity index (χ1v) is 8.01. The fourth-order valence-corrected chi connectivity index (χ4v) is 2.85. The van der Waals surface area contributed by atoms with Crippen molar-refractivity contribution in [2.24, 2.45) is 0 Å². The summed E-state index contributed by atoms with van der Waals surface area (Å²) in [5.74, 6) is -0.291. The Labute approximate surface area is 134 Å². The van der Waals surface area contributed by atoms with E-state index in [9.17, 15) is 9.59 Å². The van der Waals surface area contributed by atoms with Crippen LogP contribution in [0.4, 0.5) is 0 Å². The summed E-state index contributed by atoms with van der Waals surface area (Å²) < 4.78 is 4.60. The monoisotopic (exact) mass is 329 g/mol. The molecule has 0 saturated carbocycles. The summed E-state index contributed by atoms with van der Waals surface area (Å²) in [4.78, 5) is 26.2. The summed E-state index contributed by atoms with van der Waals surface area (Å²) in [6.07, 6.45) is 0.217. The molecule has 0 radical (unpaired) electrons. The molecule has 0 heterocycles. The Kier molecular flexibility index (Phi) is 7.61. The number of thioether (sulfide) groups is 1. The van der Waals surface area contributed by atoms with Gasteiger partial charge in [0, 0.05) is 23.0 Å². The number of benzene rings is 1. The Balaban J connectivity index is 2.57. The zero-order chi connectivity index (χ0) is 15.8. The van der Waals surface area contributed by atoms with Crippen LogP contribution in [0, 0.1) is 0 Å². The van der Waals surface area contributed by atoms with Gasteiger partial charge in [0.15, 0.2) is 0 Å². The Morgan fingerprint density at radius 1 is 1.33 bits per heavy atom. The second-order valence-corrected chi connectivity index (χ2v) is 6.31. The van der Waals surface area contributed by atoms with E-state index < -0.39 is 0 Å². The highest BCUT2D eigenvalue weighted by atomic mass is 35.5. The molecule has 0 aromatic heterocycles. The Bertz CT molecular complexity index is 478. The van der Waals surface area contributed by atoms with E-state index in [4.69, 9.17) is 11.6 Å². The van der Waals surface area contributed by atoms with Crippen LogP contribution in [0.15, 0.2) is 29.2 Å². The van der Waals surface area contributed by atoms with Gasteiger partial charge in [0.2, 0.25) is 5.91 Å². The number of methoxy groups -OCH3 is 1. The smallest absolute Gasteiger partial charge is 0.307 e. The van der Waals surface area contributed by atoms with E-state index in [1.54, 1.807) is 17.0 Å². The van der Waals surface area contributed by atoms with Crippen LogP contribution in [0.3, 0.4) is 0 Å². The number of esters is 1. The van der Waals surface area contributed by atoms with Crippen LogP contribution in [0.2, 0.25) is 5.02 Å². The van der Waals surface area contributed by atoms with Gasteiger partial charge in [0.1, 0.15) is 0 Å². The fourth-order valence-electron chi connectivity index (χ4n) is 1.78. The molecule has 1 aromatic rings. The van der Waals surface area contributed by atoms with Crippen LogP contribution >= 0.6 is 23.4 Å². The van der Waals surface area contributed by atoms with Gasteiger partial charge in [-0.25, -0.2) is 0 Å². The van der Waals surface area contributed by atoms with Gasteiger partial charge in [-0.3, -0.25) is 9.59 Å². The van der Waals surface area contributed by atoms with Crippen molar-refractivity contribution in [2.75, 3.05) is 20.2 Å². The number of hydrogen-bond acceptors (Lipinski definition) is 4. The van der Waals surface area contributed by atoms with Crippen LogP contribution in [0.25, 0.3) is 0 Å². The molecular weight excluding hydrogens is 310 g/mol. The van der Waals surface area contributed by atoms with Gasteiger partial charge in [0.25, 0.3) is 0 Å². The van der Waals surface area contributed by atoms with Gasteiger partial charge in [0.05, 0.1) is 18.8 Å². The highest BCUT2D eigenvalue weighted by Gasteiger charge is 2.21. The van der Waals surface area contributed by atoms with Crippen molar-refractivity contribution in [3.05, 3.63) is 29.3 Å². The molecule has 1 amide bonds. The van der Waals surface area contributed by atoms with Crippen LogP contribution < -0.4 is 0 Å². The second kappa shape index (κ2) is 8.95. The van der Waals surface area contributed by atoms with Crippen molar-refractivity contribution in [1.29, 1.82) is 0 Å². The van der Waals surface area contributed by atoms with Gasteiger partial charge >= 0.3 is 5.97 Å². The Morgan fingerprint density at radius 2 is 1.95 bits per heavy atom. The van der Waals surface area contributed by atoms with Gasteiger partial charge in [-0.05, 0) is 38.1 Å². The molecule has 4 nitrogen and oxygen atoms in total. The van der Waals surface area contributed by atoms with Crippen LogP contribution in [0.1, 0.15) is 20.3 Å². The first-order valence-electron chi connectivity index (χ1n) is 6.75. The molecule has 21 heavy (non-hydrogen) atoms. The van der Waals surface area contributed by atoms with Crippen molar-refractivity contribution in [1.82, 2.24) is 4.90 Å². The van der Waals surface area contributed by atoms with E-state index in [0.717, 1.165) is 4.90 Å². The van der Waals surface area contributed by atoms with Gasteiger partial charge in [-0.15, -0.1) is 11.8 Å². The van der Waals surface area contributed by atoms with E-state index in [0.29, 0.717) is 18.1 Å². The van der Waals surface area contributed by atoms with Crippen molar-refractivity contribution in [3.63, 3.8) is 0 Å². The van der Waals surface area contributed by atoms with E-state index in [-0.39, 0.29) is 23.5 Å². The largest absolute Gasteiger partial charge is 0.469 e. The molecule has 1 unspecified atom stereocenters. The third-order valence-electron chi connectivity index (χ3n) is 2.98. The van der Waals surface area contributed by atoms with Crippen molar-refractivity contribution in [2.45, 2.75) is 30.4 Å². The summed E-state index contributed by atoms with van der Waals surface area (Å²) in [6, 6.07) is 7.38. The first-order chi connectivity index (χ1) is 9.97. The van der Waals surface area contributed by atoms with Crippen molar-refractivity contribution in [3.8, 4) is 0 Å². The van der Waals surface area contributed by atoms with Crippen LogP contribution in [-0.2, 0) is 14.3 Å². The Hall–Kier alpha value is -1.20. The van der Waals surface area contributed by atoms with Crippen LogP contribution in [-0.4, -0.2) is 42.2 Å². The average Bonchev–Trinajstić information content (AvgIpc) is 2.49. The van der Waals surface area contributed by atoms with Gasteiger partial charge in [-0.1, -0.05) is 11.6 Å². The lowest BCUT2D eigenvalue weighted by molar-refractivity contribution is -0.141. The molecule has 0 aliphatic carbocycles. The number of hydrogen-bond donors (Lipinski definition) is 0. The molecule has 0 aliphatic heterocycles. The lowest BCUT2D eigenvalue weighted by Crippen LogP contribution is -2.37. The summed E-state index contributed by atoms with van der Waals surface area (Å²) in [5.41, 5.74) is 0. The first kappa shape index (κ1) is 17.9. The van der Waals surface area contributed by atoms with Crippen LogP contribution in [0.5, 0.6) is 0 Å². The topological polar surface area (TPSA) is 46.6 Å². The fraction of sp³-hybridized carbons (Fsp3) is 0.467. The van der Waals surface area contributed by atoms with Gasteiger partial charge < -0.3 is 9.64 Å². The van der Waals surface area contributed by atoms with E-state index in [1.165, 1.54) is 18.9 Å². The molecule has 0 bridgehead atoms. The number of amides is 1. The van der Waals surface area contributed by atoms with Crippen molar-refractivity contribution < 1.29 is 14.3 Å². The minimum atomic E-state index is -0.306. The third-order valence-corrected chi connectivity index (χ3v) is 4.33. The standard InChI is InChI=1S/C15H20ClNO3S/c1-4-17(10-9-14(18)20-3)15(19)11(2)21-13-7-5-12(16)6-8-13/h5-8,11H,4,9-10H2,1-3H3. The quantitative estimate of drug-likeness (QED) is 0.569. The number of halogens is 1. The highest BCUT2D eigenvalue weighted by molar-refractivity contribution is 8.00. The Morgan fingerprint density at radius 3 is 2.48 bits per heavy atom. The summed E-state index contributed by atoms with van der Waals surface area (Å²) >= 11 is 7.32. The molecule has 6 heteroatoms. The van der Waals surface area contributed by atoms with E-state index in [1.807, 2.05) is 26.0 Å². The van der Waals surface area contributed by atoms with E-state index >= 15 is 0 Å². The number of rotatable bonds is 7. The van der Waals surface area contributed by atoms with Crippen molar-refractivity contribution >= 4 is 35.2 Å². The SMILES string of the molecule is CCN(CCC(=O)OC)C(=O)C(C)Sc1ccc(Cl)cc1. The maximum Gasteiger partial charge on any atom is 0.307 e. The number of carbonyl (C=O) groups excluding carboxylic acids is 2. The third kappa shape index (κ3) is 5.98. The molecule has 0 aliphatic rings. The normalized spacial score (nSPS) is 11.8. The maximum atomic E-state index is 12.4. The van der Waals surface area contributed by atoms with Gasteiger partial charge in [-0.2, -0.15) is 0 Å². The zero-order valence-corrected chi connectivity index (χ0v) is 14.0.